The van der Waals surface area contributed by atoms with Crippen molar-refractivity contribution in [3.05, 3.63) is 74.7 Å². The van der Waals surface area contributed by atoms with Crippen molar-refractivity contribution >= 4 is 23.1 Å². The highest BCUT2D eigenvalue weighted by Crippen LogP contribution is 2.18. The van der Waals surface area contributed by atoms with Gasteiger partial charge in [-0.3, -0.25) is 0 Å². The number of halogens is 1. The fourth-order valence-corrected chi connectivity index (χ4v) is 2.34. The van der Waals surface area contributed by atoms with Crippen molar-refractivity contribution in [2.45, 2.75) is 6.92 Å². The van der Waals surface area contributed by atoms with Gasteiger partial charge in [0.1, 0.15) is 5.69 Å². The van der Waals surface area contributed by atoms with Crippen molar-refractivity contribution in [1.82, 2.24) is 14.7 Å². The Morgan fingerprint density at radius 2 is 2.00 bits per heavy atom. The maximum absolute atomic E-state index is 11.3. The van der Waals surface area contributed by atoms with Crippen molar-refractivity contribution < 1.29 is 10.1 Å². The molecule has 3 rings (SSSR count). The van der Waals surface area contributed by atoms with Gasteiger partial charge in [0.2, 0.25) is 0 Å². The van der Waals surface area contributed by atoms with Crippen molar-refractivity contribution in [3.8, 4) is 5.69 Å². The van der Waals surface area contributed by atoms with Gasteiger partial charge in [0.25, 0.3) is 5.49 Å². The zero-order valence-corrected chi connectivity index (χ0v) is 13.3. The maximum atomic E-state index is 11.3. The van der Waals surface area contributed by atoms with E-state index in [1.165, 1.54) is 6.07 Å². The Balaban J connectivity index is 2.24. The van der Waals surface area contributed by atoms with Gasteiger partial charge in [0, 0.05) is 5.02 Å². The standard InChI is InChI=1S/C15H12ClN5O3/c1-10-4-2-7-13(8-10)19-18-15(21(23)24)14(20(19)22)17-12-6-3-5-11(16)9-12/h2-9,22H,1H3. The average molecular weight is 346 g/mol. The third kappa shape index (κ3) is 2.99. The molecule has 0 atom stereocenters. The van der Waals surface area contributed by atoms with Crippen molar-refractivity contribution in [2.75, 3.05) is 0 Å². The van der Waals surface area contributed by atoms with Gasteiger partial charge in [-0.2, -0.15) is 0 Å². The van der Waals surface area contributed by atoms with E-state index in [-0.39, 0.29) is 5.49 Å². The second kappa shape index (κ2) is 6.17. The zero-order valence-electron chi connectivity index (χ0n) is 12.5. The Morgan fingerprint density at radius 1 is 1.25 bits per heavy atom. The van der Waals surface area contributed by atoms with Crippen LogP contribution in [0.25, 0.3) is 5.69 Å². The van der Waals surface area contributed by atoms with Crippen LogP contribution in [-0.2, 0) is 0 Å². The molecule has 8 nitrogen and oxygen atoms in total. The second-order valence-corrected chi connectivity index (χ2v) is 5.45. The van der Waals surface area contributed by atoms with Crippen LogP contribution in [0.4, 0.5) is 11.5 Å². The maximum Gasteiger partial charge on any atom is 0.438 e. The molecule has 0 radical (unpaired) electrons. The fraction of sp³-hybridized carbons (Fsp3) is 0.0667. The van der Waals surface area contributed by atoms with E-state index in [1.54, 1.807) is 36.4 Å². The highest BCUT2D eigenvalue weighted by molar-refractivity contribution is 6.30. The third-order valence-electron chi connectivity index (χ3n) is 3.21. The highest BCUT2D eigenvalue weighted by atomic mass is 35.5. The molecular formula is C15H12ClN5O3. The molecule has 1 N–H and O–H groups in total. The quantitative estimate of drug-likeness (QED) is 0.448. The summed E-state index contributed by atoms with van der Waals surface area (Å²) in [7, 11) is 0. The van der Waals surface area contributed by atoms with Crippen LogP contribution < -0.4 is 5.49 Å². The topological polar surface area (TPSA) is 98.5 Å². The molecule has 2 aromatic carbocycles. The van der Waals surface area contributed by atoms with Gasteiger partial charge in [-0.25, -0.2) is 4.99 Å². The van der Waals surface area contributed by atoms with Gasteiger partial charge < -0.3 is 15.3 Å². The minimum Gasteiger partial charge on any atom is -0.409 e. The summed E-state index contributed by atoms with van der Waals surface area (Å²) in [5.41, 5.74) is 1.44. The SMILES string of the molecule is Cc1cccc(-n2nc([N+](=O)[O-])c(=Nc3cccc(Cl)c3)n2O)c1. The highest BCUT2D eigenvalue weighted by Gasteiger charge is 2.24. The molecule has 0 saturated heterocycles. The first-order valence-corrected chi connectivity index (χ1v) is 7.27. The lowest BCUT2D eigenvalue weighted by atomic mass is 10.2. The number of rotatable bonds is 3. The predicted octanol–water partition coefficient (Wildman–Crippen LogP) is 3.01. The Morgan fingerprint density at radius 3 is 2.67 bits per heavy atom. The average Bonchev–Trinajstić information content (AvgIpc) is 2.85. The van der Waals surface area contributed by atoms with Gasteiger partial charge in [-0.15, -0.1) is 0 Å². The molecule has 1 heterocycles. The van der Waals surface area contributed by atoms with E-state index < -0.39 is 10.7 Å². The zero-order chi connectivity index (χ0) is 17.3. The summed E-state index contributed by atoms with van der Waals surface area (Å²) in [4.78, 5) is 16.2. The molecule has 24 heavy (non-hydrogen) atoms. The molecule has 0 aliphatic carbocycles. The van der Waals surface area contributed by atoms with E-state index >= 15 is 0 Å². The summed E-state index contributed by atoms with van der Waals surface area (Å²) in [6.45, 7) is 1.86. The van der Waals surface area contributed by atoms with Crippen LogP contribution in [0.1, 0.15) is 5.56 Å². The van der Waals surface area contributed by atoms with Crippen LogP contribution >= 0.6 is 11.6 Å². The van der Waals surface area contributed by atoms with Gasteiger partial charge in [0.05, 0.1) is 10.8 Å². The van der Waals surface area contributed by atoms with Gasteiger partial charge in [-0.05, 0) is 52.5 Å². The molecule has 0 saturated carbocycles. The van der Waals surface area contributed by atoms with Crippen molar-refractivity contribution in [2.24, 2.45) is 4.99 Å². The Bertz CT molecular complexity index is 993. The molecule has 0 aliphatic rings. The first kappa shape index (κ1) is 15.8. The lowest BCUT2D eigenvalue weighted by Gasteiger charge is -2.00. The summed E-state index contributed by atoms with van der Waals surface area (Å²) < 4.78 is 0. The number of benzene rings is 2. The Kier molecular flexibility index (Phi) is 4.05. The molecular weight excluding hydrogens is 334 g/mol. The predicted molar refractivity (Wildman–Crippen MR) is 86.8 cm³/mol. The molecule has 122 valence electrons. The van der Waals surface area contributed by atoms with Crippen LogP contribution in [0, 0.1) is 17.0 Å². The van der Waals surface area contributed by atoms with Gasteiger partial charge in [-0.1, -0.05) is 34.6 Å². The van der Waals surface area contributed by atoms with Crippen molar-refractivity contribution in [1.29, 1.82) is 0 Å². The summed E-state index contributed by atoms with van der Waals surface area (Å²) in [5.74, 6) is -0.570. The molecule has 9 heteroatoms. The van der Waals surface area contributed by atoms with Crippen LogP contribution in [0.15, 0.2) is 53.5 Å². The van der Waals surface area contributed by atoms with E-state index in [2.05, 4.69) is 10.1 Å². The Labute approximate surface area is 141 Å². The van der Waals surface area contributed by atoms with Gasteiger partial charge >= 0.3 is 5.82 Å². The number of hydrogen-bond donors (Lipinski definition) is 1. The number of nitrogens with zero attached hydrogens (tertiary/aromatic N) is 5. The second-order valence-electron chi connectivity index (χ2n) is 5.01. The molecule has 0 unspecified atom stereocenters. The lowest BCUT2D eigenvalue weighted by Crippen LogP contribution is -2.22. The number of hydrogen-bond acceptors (Lipinski definition) is 5. The van der Waals surface area contributed by atoms with E-state index in [4.69, 9.17) is 11.6 Å². The lowest BCUT2D eigenvalue weighted by molar-refractivity contribution is -0.391. The number of aryl methyl sites for hydroxylation is 1. The van der Waals surface area contributed by atoms with E-state index in [1.807, 2.05) is 13.0 Å². The van der Waals surface area contributed by atoms with Crippen molar-refractivity contribution in [3.63, 3.8) is 0 Å². The monoisotopic (exact) mass is 345 g/mol. The minimum absolute atomic E-state index is 0.302. The molecule has 1 aromatic heterocycles. The molecule has 0 fully saturated rings. The number of nitro groups is 1. The smallest absolute Gasteiger partial charge is 0.409 e. The summed E-state index contributed by atoms with van der Waals surface area (Å²) >= 11 is 5.89. The van der Waals surface area contributed by atoms with E-state index in [9.17, 15) is 15.3 Å². The molecule has 0 aliphatic heterocycles. The summed E-state index contributed by atoms with van der Waals surface area (Å²) in [6.07, 6.45) is 0. The molecule has 0 amide bonds. The van der Waals surface area contributed by atoms with Crippen LogP contribution in [-0.4, -0.2) is 24.9 Å². The van der Waals surface area contributed by atoms with Crippen LogP contribution in [0.5, 0.6) is 0 Å². The normalized spacial score (nSPS) is 11.7. The summed E-state index contributed by atoms with van der Waals surface area (Å²) in [6, 6.07) is 13.4. The minimum atomic E-state index is -0.706. The van der Waals surface area contributed by atoms with Gasteiger partial charge in [0.15, 0.2) is 0 Å². The molecule has 0 bridgehead atoms. The van der Waals surface area contributed by atoms with Crippen LogP contribution in [0.3, 0.4) is 0 Å². The summed E-state index contributed by atoms with van der Waals surface area (Å²) in [5, 5.41) is 25.8. The third-order valence-corrected chi connectivity index (χ3v) is 3.44. The molecule has 3 aromatic rings. The van der Waals surface area contributed by atoms with Crippen LogP contribution in [0.2, 0.25) is 5.02 Å². The first-order chi connectivity index (χ1) is 11.5. The molecule has 0 spiro atoms. The van der Waals surface area contributed by atoms with E-state index in [0.29, 0.717) is 21.2 Å². The number of aromatic nitrogens is 3. The van der Waals surface area contributed by atoms with E-state index in [0.717, 1.165) is 10.4 Å². The fourth-order valence-electron chi connectivity index (χ4n) is 2.16. The largest absolute Gasteiger partial charge is 0.438 e. The first-order valence-electron chi connectivity index (χ1n) is 6.89. The Hall–Kier alpha value is -3.13.